The zero-order chi connectivity index (χ0) is 45.8. The summed E-state index contributed by atoms with van der Waals surface area (Å²) in [7, 11) is 0. The average molecular weight is 879 g/mol. The van der Waals surface area contributed by atoms with Gasteiger partial charge in [-0.25, -0.2) is 4.98 Å². The highest BCUT2D eigenvalue weighted by Gasteiger charge is 2.51. The lowest BCUT2D eigenvalue weighted by Crippen LogP contribution is -2.26. The Labute approximate surface area is 403 Å². The summed E-state index contributed by atoms with van der Waals surface area (Å²) in [4.78, 5) is 8.17. The van der Waals surface area contributed by atoms with E-state index < -0.39 is 5.41 Å². The molecule has 2 nitrogen and oxygen atoms in total. The second-order valence-corrected chi connectivity index (χ2v) is 19.3. The van der Waals surface area contributed by atoms with Crippen LogP contribution < -0.4 is 4.90 Å². The molecule has 0 radical (unpaired) electrons. The van der Waals surface area contributed by atoms with Crippen molar-refractivity contribution in [3.63, 3.8) is 0 Å². The number of anilines is 3. The molecule has 1 heterocycles. The summed E-state index contributed by atoms with van der Waals surface area (Å²) in [5, 5.41) is 2.25. The average Bonchev–Trinajstić information content (AvgIpc) is 3.97. The fourth-order valence-electron chi connectivity index (χ4n) is 12.7. The van der Waals surface area contributed by atoms with Crippen molar-refractivity contribution in [2.24, 2.45) is 0 Å². The number of aromatic nitrogens is 1. The molecule has 3 aliphatic carbocycles. The molecule has 10 aromatic carbocycles. The molecule has 2 heteroatoms. The number of hydrogen-bond donors (Lipinski definition) is 0. The molecule has 0 saturated heterocycles. The summed E-state index contributed by atoms with van der Waals surface area (Å²) < 4.78 is 0. The Morgan fingerprint density at radius 2 is 0.812 bits per heavy atom. The fraction of sp³-hybridized carbons (Fsp3) is 0.0597. The van der Waals surface area contributed by atoms with Gasteiger partial charge in [-0.15, -0.1) is 0 Å². The van der Waals surface area contributed by atoms with E-state index in [1.807, 2.05) is 0 Å². The minimum Gasteiger partial charge on any atom is -0.294 e. The van der Waals surface area contributed by atoms with Crippen molar-refractivity contribution in [2.75, 3.05) is 4.90 Å². The van der Waals surface area contributed by atoms with Gasteiger partial charge in [0.1, 0.15) is 5.82 Å². The summed E-state index contributed by atoms with van der Waals surface area (Å²) in [6, 6.07) is 87.5. The molecule has 0 atom stereocenters. The maximum atomic E-state index is 5.72. The summed E-state index contributed by atoms with van der Waals surface area (Å²) >= 11 is 0. The lowest BCUT2D eigenvalue weighted by atomic mass is 9.70. The Morgan fingerprint density at radius 1 is 0.348 bits per heavy atom. The van der Waals surface area contributed by atoms with Gasteiger partial charge in [-0.1, -0.05) is 232 Å². The molecule has 0 N–H and O–H groups in total. The molecule has 0 unspecified atom stereocenters. The van der Waals surface area contributed by atoms with Gasteiger partial charge in [0.15, 0.2) is 0 Å². The van der Waals surface area contributed by atoms with Crippen LogP contribution in [0.5, 0.6) is 0 Å². The van der Waals surface area contributed by atoms with Gasteiger partial charge in [0.25, 0.3) is 0 Å². The number of benzene rings is 10. The van der Waals surface area contributed by atoms with E-state index >= 15 is 0 Å². The lowest BCUT2D eigenvalue weighted by molar-refractivity contribution is 0.662. The van der Waals surface area contributed by atoms with Gasteiger partial charge >= 0.3 is 0 Å². The normalized spacial score (nSPS) is 13.9. The molecule has 0 saturated carbocycles. The van der Waals surface area contributed by atoms with Gasteiger partial charge in [-0.05, 0) is 113 Å². The highest BCUT2D eigenvalue weighted by molar-refractivity contribution is 6.08. The van der Waals surface area contributed by atoms with Crippen molar-refractivity contribution in [3.8, 4) is 66.8 Å². The largest absolute Gasteiger partial charge is 0.294 e. The molecular weight excluding hydrogens is 833 g/mol. The molecule has 1 spiro atoms. The quantitative estimate of drug-likeness (QED) is 0.165. The van der Waals surface area contributed by atoms with Crippen molar-refractivity contribution in [1.29, 1.82) is 0 Å². The minimum absolute atomic E-state index is 0.188. The van der Waals surface area contributed by atoms with E-state index in [0.29, 0.717) is 0 Å². The highest BCUT2D eigenvalue weighted by Crippen LogP contribution is 2.64. The highest BCUT2D eigenvalue weighted by atomic mass is 15.2. The van der Waals surface area contributed by atoms with Crippen LogP contribution in [0.25, 0.3) is 77.5 Å². The molecule has 0 amide bonds. The number of nitrogens with zero attached hydrogens (tertiary/aromatic N) is 2. The molecule has 0 bridgehead atoms. The predicted molar refractivity (Wildman–Crippen MR) is 287 cm³/mol. The zero-order valence-corrected chi connectivity index (χ0v) is 38.5. The standard InChI is InChI=1S/C67H46N2/c1-66(2)57-34-15-11-29-51(57)53-32-19-33-54(64(53)66)56-42-68-65(55-30-10-9-25-47(55)56)69(62-38-20-31-46(43-21-5-3-6-22-43)63(62)44-23-7-4-8-24-44)45-39-40-52-50-28-14-18-37-60(50)67(61(52)41-45)58-35-16-12-26-48(58)49-27-13-17-36-59(49)67/h3-42H,1-2H3. The van der Waals surface area contributed by atoms with Crippen LogP contribution in [0, 0.1) is 0 Å². The van der Waals surface area contributed by atoms with Crippen molar-refractivity contribution < 1.29 is 0 Å². The summed E-state index contributed by atoms with van der Waals surface area (Å²) in [5.41, 5.74) is 24.1. The van der Waals surface area contributed by atoms with Crippen LogP contribution in [0.2, 0.25) is 0 Å². The number of hydrogen-bond acceptors (Lipinski definition) is 2. The number of rotatable bonds is 6. The Kier molecular flexibility index (Phi) is 8.58. The van der Waals surface area contributed by atoms with Crippen molar-refractivity contribution >= 4 is 28.0 Å². The van der Waals surface area contributed by atoms with E-state index in [0.717, 1.165) is 55.8 Å². The van der Waals surface area contributed by atoms with Crippen molar-refractivity contribution in [3.05, 3.63) is 276 Å². The van der Waals surface area contributed by atoms with Crippen LogP contribution in [-0.2, 0) is 10.8 Å². The van der Waals surface area contributed by atoms with E-state index in [-0.39, 0.29) is 5.41 Å². The van der Waals surface area contributed by atoms with Gasteiger partial charge < -0.3 is 0 Å². The molecule has 1 aromatic heterocycles. The van der Waals surface area contributed by atoms with Crippen LogP contribution in [0.4, 0.5) is 17.2 Å². The smallest absolute Gasteiger partial charge is 0.145 e. The Morgan fingerprint density at radius 3 is 1.45 bits per heavy atom. The number of fused-ring (bicyclic) bond motifs is 14. The Hall–Kier alpha value is -8.59. The second kappa shape index (κ2) is 15.0. The summed E-state index contributed by atoms with van der Waals surface area (Å²) in [6.45, 7) is 4.75. The first-order valence-electron chi connectivity index (χ1n) is 24.1. The zero-order valence-electron chi connectivity index (χ0n) is 38.5. The monoisotopic (exact) mass is 878 g/mol. The topological polar surface area (TPSA) is 16.1 Å². The third kappa shape index (κ3) is 5.52. The van der Waals surface area contributed by atoms with Gasteiger partial charge in [-0.3, -0.25) is 4.90 Å². The summed E-state index contributed by atoms with van der Waals surface area (Å²) in [6.07, 6.45) is 2.15. The second-order valence-electron chi connectivity index (χ2n) is 19.3. The van der Waals surface area contributed by atoms with Gasteiger partial charge in [0.2, 0.25) is 0 Å². The Bertz CT molecular complexity index is 3820. The van der Waals surface area contributed by atoms with Crippen LogP contribution in [0.3, 0.4) is 0 Å². The Balaban J connectivity index is 1.07. The van der Waals surface area contributed by atoms with Crippen LogP contribution in [0.15, 0.2) is 243 Å². The van der Waals surface area contributed by atoms with Crippen molar-refractivity contribution in [2.45, 2.75) is 24.7 Å². The molecule has 0 aliphatic heterocycles. The van der Waals surface area contributed by atoms with Crippen LogP contribution >= 0.6 is 0 Å². The van der Waals surface area contributed by atoms with E-state index in [9.17, 15) is 0 Å². The molecule has 11 aromatic rings. The first-order chi connectivity index (χ1) is 34.0. The maximum absolute atomic E-state index is 5.72. The SMILES string of the molecule is CC1(C)c2ccccc2-c2cccc(-c3cnc(N(c4ccc5c(c4)C4(c6ccccc6-c6ccccc64)c4ccccc4-5)c4cccc(-c5ccccc5)c4-c4ccccc4)c4ccccc34)c21. The molecule has 69 heavy (non-hydrogen) atoms. The third-order valence-corrected chi connectivity index (χ3v) is 15.5. The molecule has 14 rings (SSSR count). The van der Waals surface area contributed by atoms with E-state index in [1.165, 1.54) is 72.3 Å². The van der Waals surface area contributed by atoms with Crippen molar-refractivity contribution in [1.82, 2.24) is 4.98 Å². The number of pyridine rings is 1. The molecule has 324 valence electrons. The van der Waals surface area contributed by atoms with E-state index in [2.05, 4.69) is 262 Å². The first-order valence-corrected chi connectivity index (χ1v) is 24.1. The fourth-order valence-corrected chi connectivity index (χ4v) is 12.7. The van der Waals surface area contributed by atoms with Gasteiger partial charge in [0.05, 0.1) is 11.1 Å². The molecule has 0 fully saturated rings. The summed E-state index contributed by atoms with van der Waals surface area (Å²) in [5.74, 6) is 0.878. The lowest BCUT2D eigenvalue weighted by Gasteiger charge is -2.33. The maximum Gasteiger partial charge on any atom is 0.145 e. The predicted octanol–water partition coefficient (Wildman–Crippen LogP) is 17.4. The minimum atomic E-state index is -0.508. The first kappa shape index (κ1) is 39.6. The third-order valence-electron chi connectivity index (χ3n) is 15.5. The van der Waals surface area contributed by atoms with Gasteiger partial charge in [0, 0.05) is 33.8 Å². The van der Waals surface area contributed by atoms with Gasteiger partial charge in [-0.2, -0.15) is 0 Å². The van der Waals surface area contributed by atoms with E-state index in [4.69, 9.17) is 4.98 Å². The van der Waals surface area contributed by atoms with Crippen LogP contribution in [0.1, 0.15) is 47.2 Å². The molecule has 3 aliphatic rings. The molecular formula is C67H46N2. The van der Waals surface area contributed by atoms with E-state index in [1.54, 1.807) is 0 Å². The van der Waals surface area contributed by atoms with Crippen LogP contribution in [-0.4, -0.2) is 4.98 Å².